The van der Waals surface area contributed by atoms with Gasteiger partial charge in [-0.25, -0.2) is 4.79 Å². The summed E-state index contributed by atoms with van der Waals surface area (Å²) in [6.45, 7) is 5.13. The molecule has 2 aliphatic rings. The van der Waals surface area contributed by atoms with Crippen LogP contribution < -0.4 is 10.6 Å². The zero-order valence-corrected chi connectivity index (χ0v) is 17.9. The van der Waals surface area contributed by atoms with Gasteiger partial charge in [0.1, 0.15) is 12.1 Å². The van der Waals surface area contributed by atoms with E-state index in [9.17, 15) is 19.2 Å². The van der Waals surface area contributed by atoms with Crippen LogP contribution >= 0.6 is 0 Å². The maximum absolute atomic E-state index is 12.8. The number of ether oxygens (including phenoxy) is 1. The van der Waals surface area contributed by atoms with Crippen molar-refractivity contribution in [1.29, 1.82) is 0 Å². The fourth-order valence-corrected chi connectivity index (χ4v) is 4.23. The van der Waals surface area contributed by atoms with Crippen molar-refractivity contribution in [2.45, 2.75) is 90.1 Å². The molecule has 0 aromatic rings. The topological polar surface area (TPSA) is 105 Å². The smallest absolute Gasteiger partial charge is 0.326 e. The standard InChI is InChI=1S/C21H35N3O5/c1-4-5-6-7-11-16(3)22-17(25)14-29-18(26)13-24-19(27)21(23-20(24)28)12-9-8-10-15(21)2/h15-16H,4-14H2,1-3H3,(H,22,25)(H,23,28)/t15-,16+,21-/m0/s1. The van der Waals surface area contributed by atoms with Crippen LogP contribution in [0.1, 0.15) is 78.6 Å². The van der Waals surface area contributed by atoms with Gasteiger partial charge in [-0.1, -0.05) is 52.4 Å². The van der Waals surface area contributed by atoms with Crippen molar-refractivity contribution < 1.29 is 23.9 Å². The minimum Gasteiger partial charge on any atom is -0.454 e. The molecule has 8 heteroatoms. The van der Waals surface area contributed by atoms with Gasteiger partial charge in [-0.2, -0.15) is 0 Å². The van der Waals surface area contributed by atoms with Gasteiger partial charge >= 0.3 is 12.0 Å². The number of nitrogens with one attached hydrogen (secondary N) is 2. The molecule has 3 atom stereocenters. The molecule has 2 rings (SSSR count). The van der Waals surface area contributed by atoms with Crippen LogP contribution in [0.5, 0.6) is 0 Å². The first-order valence-electron chi connectivity index (χ1n) is 10.9. The van der Waals surface area contributed by atoms with E-state index < -0.39 is 30.7 Å². The Balaban J connectivity index is 1.75. The summed E-state index contributed by atoms with van der Waals surface area (Å²) < 4.78 is 4.98. The number of amides is 4. The third-order valence-corrected chi connectivity index (χ3v) is 6.05. The molecule has 1 aliphatic carbocycles. The molecular weight excluding hydrogens is 374 g/mol. The molecule has 2 fully saturated rings. The highest BCUT2D eigenvalue weighted by molar-refractivity contribution is 6.09. The molecule has 8 nitrogen and oxygen atoms in total. The first-order valence-corrected chi connectivity index (χ1v) is 10.9. The summed E-state index contributed by atoms with van der Waals surface area (Å²) in [5.41, 5.74) is -0.903. The summed E-state index contributed by atoms with van der Waals surface area (Å²) in [6, 6.07) is -0.553. The van der Waals surface area contributed by atoms with Crippen LogP contribution in [-0.2, 0) is 19.1 Å². The predicted octanol–water partition coefficient (Wildman–Crippen LogP) is 2.51. The summed E-state index contributed by atoms with van der Waals surface area (Å²) in [6.07, 6.45) is 8.74. The number of imide groups is 1. The number of nitrogens with zero attached hydrogens (tertiary/aromatic N) is 1. The SMILES string of the molecule is CCCCCC[C@@H](C)NC(=O)COC(=O)CN1C(=O)N[C@]2(CCCC[C@@H]2C)C1=O. The van der Waals surface area contributed by atoms with Crippen LogP contribution in [0.25, 0.3) is 0 Å². The van der Waals surface area contributed by atoms with E-state index in [2.05, 4.69) is 17.6 Å². The molecular formula is C21H35N3O5. The molecule has 0 unspecified atom stereocenters. The predicted molar refractivity (Wildman–Crippen MR) is 108 cm³/mol. The van der Waals surface area contributed by atoms with Gasteiger partial charge in [0.15, 0.2) is 6.61 Å². The number of unbranched alkanes of at least 4 members (excludes halogenated alkanes) is 3. The Kier molecular flexibility index (Phi) is 8.46. The summed E-state index contributed by atoms with van der Waals surface area (Å²) >= 11 is 0. The third kappa shape index (κ3) is 5.93. The second kappa shape index (κ2) is 10.6. The molecule has 164 valence electrons. The molecule has 0 radical (unpaired) electrons. The Morgan fingerprint density at radius 1 is 1.28 bits per heavy atom. The lowest BCUT2D eigenvalue weighted by atomic mass is 9.73. The van der Waals surface area contributed by atoms with Gasteiger partial charge in [0.05, 0.1) is 0 Å². The van der Waals surface area contributed by atoms with Gasteiger partial charge in [0.2, 0.25) is 0 Å². The normalized spacial score (nSPS) is 25.1. The molecule has 1 aliphatic heterocycles. The van der Waals surface area contributed by atoms with E-state index in [0.29, 0.717) is 6.42 Å². The van der Waals surface area contributed by atoms with Gasteiger partial charge in [0, 0.05) is 6.04 Å². The van der Waals surface area contributed by atoms with E-state index >= 15 is 0 Å². The van der Waals surface area contributed by atoms with E-state index in [4.69, 9.17) is 4.74 Å². The highest BCUT2D eigenvalue weighted by Gasteiger charge is 2.55. The van der Waals surface area contributed by atoms with Gasteiger partial charge < -0.3 is 15.4 Å². The molecule has 1 saturated carbocycles. The minimum atomic E-state index is -0.903. The average Bonchev–Trinajstić information content (AvgIpc) is 2.91. The molecule has 1 spiro atoms. The fourth-order valence-electron chi connectivity index (χ4n) is 4.23. The summed E-state index contributed by atoms with van der Waals surface area (Å²) in [5, 5.41) is 5.59. The monoisotopic (exact) mass is 409 g/mol. The Labute approximate surface area is 173 Å². The van der Waals surface area contributed by atoms with E-state index in [1.807, 2.05) is 13.8 Å². The Morgan fingerprint density at radius 2 is 2.03 bits per heavy atom. The molecule has 4 amide bonds. The van der Waals surface area contributed by atoms with E-state index in [-0.39, 0.29) is 23.8 Å². The van der Waals surface area contributed by atoms with Crippen molar-refractivity contribution in [2.75, 3.05) is 13.2 Å². The Morgan fingerprint density at radius 3 is 2.72 bits per heavy atom. The van der Waals surface area contributed by atoms with Gasteiger partial charge in [0.25, 0.3) is 11.8 Å². The van der Waals surface area contributed by atoms with E-state index in [1.165, 1.54) is 6.42 Å². The summed E-state index contributed by atoms with van der Waals surface area (Å²) in [4.78, 5) is 50.1. The summed E-state index contributed by atoms with van der Waals surface area (Å²) in [5.74, 6) is -1.48. The maximum atomic E-state index is 12.8. The second-order valence-corrected chi connectivity index (χ2v) is 8.42. The van der Waals surface area contributed by atoms with Crippen molar-refractivity contribution in [3.63, 3.8) is 0 Å². The highest BCUT2D eigenvalue weighted by atomic mass is 16.5. The number of hydrogen-bond donors (Lipinski definition) is 2. The van der Waals surface area contributed by atoms with Crippen molar-refractivity contribution in [3.05, 3.63) is 0 Å². The van der Waals surface area contributed by atoms with Crippen LogP contribution in [0.2, 0.25) is 0 Å². The Hall–Kier alpha value is -2.12. The molecule has 1 heterocycles. The van der Waals surface area contributed by atoms with E-state index in [1.54, 1.807) is 0 Å². The van der Waals surface area contributed by atoms with Crippen molar-refractivity contribution in [3.8, 4) is 0 Å². The van der Waals surface area contributed by atoms with Gasteiger partial charge in [-0.3, -0.25) is 19.3 Å². The molecule has 0 aromatic carbocycles. The van der Waals surface area contributed by atoms with Crippen LogP contribution in [0, 0.1) is 5.92 Å². The van der Waals surface area contributed by atoms with Crippen LogP contribution in [-0.4, -0.2) is 53.4 Å². The lowest BCUT2D eigenvalue weighted by molar-refractivity contribution is -0.151. The maximum Gasteiger partial charge on any atom is 0.326 e. The second-order valence-electron chi connectivity index (χ2n) is 8.42. The zero-order chi connectivity index (χ0) is 21.4. The van der Waals surface area contributed by atoms with E-state index in [0.717, 1.165) is 49.8 Å². The minimum absolute atomic E-state index is 0.0108. The number of rotatable bonds is 10. The van der Waals surface area contributed by atoms with Gasteiger partial charge in [-0.05, 0) is 32.1 Å². The number of urea groups is 1. The number of carbonyl (C=O) groups is 4. The molecule has 0 aromatic heterocycles. The lowest BCUT2D eigenvalue weighted by Crippen LogP contribution is -2.54. The molecule has 1 saturated heterocycles. The molecule has 29 heavy (non-hydrogen) atoms. The van der Waals surface area contributed by atoms with Crippen LogP contribution in [0.3, 0.4) is 0 Å². The first kappa shape index (κ1) is 23.2. The fraction of sp³-hybridized carbons (Fsp3) is 0.810. The van der Waals surface area contributed by atoms with Crippen molar-refractivity contribution in [2.24, 2.45) is 5.92 Å². The first-order chi connectivity index (χ1) is 13.8. The zero-order valence-electron chi connectivity index (χ0n) is 17.9. The van der Waals surface area contributed by atoms with Crippen molar-refractivity contribution in [1.82, 2.24) is 15.5 Å². The largest absolute Gasteiger partial charge is 0.454 e. The number of hydrogen-bond acceptors (Lipinski definition) is 5. The number of esters is 1. The van der Waals surface area contributed by atoms with Crippen LogP contribution in [0.15, 0.2) is 0 Å². The third-order valence-electron chi connectivity index (χ3n) is 6.05. The molecule has 2 N–H and O–H groups in total. The molecule has 0 bridgehead atoms. The quantitative estimate of drug-likeness (QED) is 0.328. The van der Waals surface area contributed by atoms with Crippen LogP contribution in [0.4, 0.5) is 4.79 Å². The summed E-state index contributed by atoms with van der Waals surface area (Å²) in [7, 11) is 0. The van der Waals surface area contributed by atoms with Crippen molar-refractivity contribution >= 4 is 23.8 Å². The van der Waals surface area contributed by atoms with Gasteiger partial charge in [-0.15, -0.1) is 0 Å². The number of carbonyl (C=O) groups excluding carboxylic acids is 4. The lowest BCUT2D eigenvalue weighted by Gasteiger charge is -2.36. The average molecular weight is 410 g/mol. The highest BCUT2D eigenvalue weighted by Crippen LogP contribution is 2.38. The Bertz CT molecular complexity index is 623.